The number of para-hydroxylation sites is 1. The SMILES string of the molecule is CCOC(=O)c1cc(N)cnc1Nc1ccccc1I. The Morgan fingerprint density at radius 3 is 2.90 bits per heavy atom. The van der Waals surface area contributed by atoms with Gasteiger partial charge < -0.3 is 15.8 Å². The van der Waals surface area contributed by atoms with Gasteiger partial charge in [-0.3, -0.25) is 0 Å². The summed E-state index contributed by atoms with van der Waals surface area (Å²) in [5.41, 5.74) is 7.30. The number of carbonyl (C=O) groups excluding carboxylic acids is 1. The second kappa shape index (κ2) is 6.56. The molecule has 0 unspecified atom stereocenters. The molecule has 0 bridgehead atoms. The first-order valence-corrected chi connectivity index (χ1v) is 7.14. The molecule has 1 aromatic carbocycles. The van der Waals surface area contributed by atoms with Crippen LogP contribution in [0.2, 0.25) is 0 Å². The molecule has 104 valence electrons. The third-order valence-electron chi connectivity index (χ3n) is 2.53. The molecule has 0 aliphatic heterocycles. The lowest BCUT2D eigenvalue weighted by atomic mass is 10.2. The summed E-state index contributed by atoms with van der Waals surface area (Å²) in [5.74, 6) is -0.0116. The van der Waals surface area contributed by atoms with E-state index in [0.29, 0.717) is 23.7 Å². The summed E-state index contributed by atoms with van der Waals surface area (Å²) in [6, 6.07) is 9.28. The quantitative estimate of drug-likeness (QED) is 0.627. The van der Waals surface area contributed by atoms with Crippen LogP contribution >= 0.6 is 22.6 Å². The maximum absolute atomic E-state index is 11.9. The summed E-state index contributed by atoms with van der Waals surface area (Å²) in [7, 11) is 0. The third kappa shape index (κ3) is 3.38. The monoisotopic (exact) mass is 383 g/mol. The van der Waals surface area contributed by atoms with E-state index in [1.807, 2.05) is 24.3 Å². The highest BCUT2D eigenvalue weighted by atomic mass is 127. The van der Waals surface area contributed by atoms with Crippen molar-refractivity contribution in [1.82, 2.24) is 4.98 Å². The predicted octanol–water partition coefficient (Wildman–Crippen LogP) is 3.19. The Labute approximate surface area is 130 Å². The molecule has 1 heterocycles. The molecule has 0 aliphatic carbocycles. The van der Waals surface area contributed by atoms with Crippen molar-refractivity contribution in [2.75, 3.05) is 17.7 Å². The van der Waals surface area contributed by atoms with Gasteiger partial charge in [-0.05, 0) is 47.7 Å². The topological polar surface area (TPSA) is 77.2 Å². The van der Waals surface area contributed by atoms with Crippen LogP contribution in [-0.2, 0) is 4.74 Å². The minimum absolute atomic E-state index is 0.302. The van der Waals surface area contributed by atoms with Gasteiger partial charge in [0.2, 0.25) is 0 Å². The van der Waals surface area contributed by atoms with Gasteiger partial charge in [-0.25, -0.2) is 9.78 Å². The number of anilines is 3. The van der Waals surface area contributed by atoms with Gasteiger partial charge in [-0.15, -0.1) is 0 Å². The molecule has 20 heavy (non-hydrogen) atoms. The number of aromatic nitrogens is 1. The van der Waals surface area contributed by atoms with Crippen LogP contribution in [0.1, 0.15) is 17.3 Å². The zero-order valence-corrected chi connectivity index (χ0v) is 13.0. The molecule has 0 radical (unpaired) electrons. The summed E-state index contributed by atoms with van der Waals surface area (Å²) >= 11 is 2.21. The maximum Gasteiger partial charge on any atom is 0.341 e. The molecule has 2 aromatic rings. The van der Waals surface area contributed by atoms with Crippen molar-refractivity contribution < 1.29 is 9.53 Å². The fourth-order valence-corrected chi connectivity index (χ4v) is 2.16. The number of carbonyl (C=O) groups is 1. The lowest BCUT2D eigenvalue weighted by Gasteiger charge is -2.12. The van der Waals surface area contributed by atoms with E-state index in [2.05, 4.69) is 32.9 Å². The van der Waals surface area contributed by atoms with Crippen molar-refractivity contribution in [2.24, 2.45) is 0 Å². The van der Waals surface area contributed by atoms with Crippen LogP contribution in [0.5, 0.6) is 0 Å². The third-order valence-corrected chi connectivity index (χ3v) is 3.47. The standard InChI is InChI=1S/C14H14IN3O2/c1-2-20-14(19)10-7-9(16)8-17-13(10)18-12-6-4-3-5-11(12)15/h3-8H,2,16H2,1H3,(H,17,18). The number of nitrogen functional groups attached to an aromatic ring is 1. The summed E-state index contributed by atoms with van der Waals surface area (Å²) < 4.78 is 6.04. The van der Waals surface area contributed by atoms with Gasteiger partial charge in [0.25, 0.3) is 0 Å². The molecule has 0 fully saturated rings. The number of halogens is 1. The largest absolute Gasteiger partial charge is 0.462 e. The first-order chi connectivity index (χ1) is 9.61. The number of nitrogens with zero attached hydrogens (tertiary/aromatic N) is 1. The molecule has 1 aromatic heterocycles. The van der Waals surface area contributed by atoms with Crippen molar-refractivity contribution in [1.29, 1.82) is 0 Å². The highest BCUT2D eigenvalue weighted by Crippen LogP contribution is 2.24. The van der Waals surface area contributed by atoms with Crippen LogP contribution < -0.4 is 11.1 Å². The zero-order chi connectivity index (χ0) is 14.5. The second-order valence-corrected chi connectivity index (χ2v) is 5.15. The number of benzene rings is 1. The number of esters is 1. The van der Waals surface area contributed by atoms with Crippen molar-refractivity contribution in [3.05, 3.63) is 45.7 Å². The minimum Gasteiger partial charge on any atom is -0.462 e. The molecule has 0 saturated carbocycles. The number of nitrogens with one attached hydrogen (secondary N) is 1. The van der Waals surface area contributed by atoms with E-state index in [-0.39, 0.29) is 0 Å². The van der Waals surface area contributed by atoms with Gasteiger partial charge in [0.15, 0.2) is 0 Å². The molecule has 3 N–H and O–H groups in total. The first-order valence-electron chi connectivity index (χ1n) is 6.06. The van der Waals surface area contributed by atoms with Crippen molar-refractivity contribution >= 4 is 45.8 Å². The molecular weight excluding hydrogens is 369 g/mol. The molecule has 6 heteroatoms. The number of nitrogens with two attached hydrogens (primary N) is 1. The molecule has 2 rings (SSSR count). The summed E-state index contributed by atoms with van der Waals surface area (Å²) in [6.45, 7) is 2.06. The van der Waals surface area contributed by atoms with Crippen molar-refractivity contribution in [3.63, 3.8) is 0 Å². The lowest BCUT2D eigenvalue weighted by Crippen LogP contribution is -2.10. The lowest BCUT2D eigenvalue weighted by molar-refractivity contribution is 0.0527. The Hall–Kier alpha value is -1.83. The van der Waals surface area contributed by atoms with E-state index in [1.54, 1.807) is 13.0 Å². The number of pyridine rings is 1. The average Bonchev–Trinajstić information content (AvgIpc) is 2.43. The van der Waals surface area contributed by atoms with Crippen LogP contribution in [0.25, 0.3) is 0 Å². The van der Waals surface area contributed by atoms with Gasteiger partial charge in [0.1, 0.15) is 11.4 Å². The zero-order valence-electron chi connectivity index (χ0n) is 10.9. The van der Waals surface area contributed by atoms with Gasteiger partial charge in [-0.1, -0.05) is 12.1 Å². The molecule has 0 aliphatic rings. The number of hydrogen-bond donors (Lipinski definition) is 2. The van der Waals surface area contributed by atoms with E-state index in [4.69, 9.17) is 10.5 Å². The van der Waals surface area contributed by atoms with E-state index < -0.39 is 5.97 Å². The molecule has 5 nitrogen and oxygen atoms in total. The van der Waals surface area contributed by atoms with E-state index in [1.165, 1.54) is 6.20 Å². The van der Waals surface area contributed by atoms with Gasteiger partial charge in [0.05, 0.1) is 24.2 Å². The fraction of sp³-hybridized carbons (Fsp3) is 0.143. The Bertz CT molecular complexity index is 632. The number of ether oxygens (including phenoxy) is 1. The van der Waals surface area contributed by atoms with Crippen LogP contribution in [-0.4, -0.2) is 17.6 Å². The minimum atomic E-state index is -0.444. The second-order valence-electron chi connectivity index (χ2n) is 3.99. The summed E-state index contributed by atoms with van der Waals surface area (Å²) in [4.78, 5) is 16.1. The van der Waals surface area contributed by atoms with Crippen LogP contribution in [0.3, 0.4) is 0 Å². The van der Waals surface area contributed by atoms with Crippen LogP contribution in [0, 0.1) is 3.57 Å². The Morgan fingerprint density at radius 1 is 1.45 bits per heavy atom. The number of rotatable bonds is 4. The smallest absolute Gasteiger partial charge is 0.341 e. The molecular formula is C14H14IN3O2. The van der Waals surface area contributed by atoms with Gasteiger partial charge in [-0.2, -0.15) is 0 Å². The fourth-order valence-electron chi connectivity index (χ4n) is 1.64. The van der Waals surface area contributed by atoms with Crippen LogP contribution in [0.15, 0.2) is 36.5 Å². The predicted molar refractivity (Wildman–Crippen MR) is 87.0 cm³/mol. The van der Waals surface area contributed by atoms with E-state index >= 15 is 0 Å². The normalized spacial score (nSPS) is 10.1. The average molecular weight is 383 g/mol. The highest BCUT2D eigenvalue weighted by Gasteiger charge is 2.15. The summed E-state index contributed by atoms with van der Waals surface area (Å²) in [5, 5.41) is 3.13. The van der Waals surface area contributed by atoms with E-state index in [0.717, 1.165) is 9.26 Å². The Kier molecular flexibility index (Phi) is 4.78. The van der Waals surface area contributed by atoms with Crippen molar-refractivity contribution in [2.45, 2.75) is 6.92 Å². The maximum atomic E-state index is 11.9. The van der Waals surface area contributed by atoms with Crippen LogP contribution in [0.4, 0.5) is 17.2 Å². The Morgan fingerprint density at radius 2 is 2.20 bits per heavy atom. The van der Waals surface area contributed by atoms with Gasteiger partial charge in [0, 0.05) is 3.57 Å². The molecule has 0 saturated heterocycles. The van der Waals surface area contributed by atoms with Crippen molar-refractivity contribution in [3.8, 4) is 0 Å². The molecule has 0 atom stereocenters. The molecule has 0 amide bonds. The van der Waals surface area contributed by atoms with Gasteiger partial charge >= 0.3 is 5.97 Å². The summed E-state index contributed by atoms with van der Waals surface area (Å²) in [6.07, 6.45) is 1.50. The van der Waals surface area contributed by atoms with E-state index in [9.17, 15) is 4.79 Å². The molecule has 0 spiro atoms. The Balaban J connectivity index is 2.36. The first kappa shape index (κ1) is 14.6. The highest BCUT2D eigenvalue weighted by molar-refractivity contribution is 14.1. The number of hydrogen-bond acceptors (Lipinski definition) is 5.